The number of halogens is 1. The van der Waals surface area contributed by atoms with Gasteiger partial charge in [-0.3, -0.25) is 9.59 Å². The summed E-state index contributed by atoms with van der Waals surface area (Å²) in [4.78, 5) is 24.7. The summed E-state index contributed by atoms with van der Waals surface area (Å²) in [7, 11) is 0. The number of aliphatic carboxylic acids is 1. The fourth-order valence-corrected chi connectivity index (χ4v) is 2.04. The van der Waals surface area contributed by atoms with E-state index in [-0.39, 0.29) is 24.8 Å². The summed E-state index contributed by atoms with van der Waals surface area (Å²) in [6.07, 6.45) is -0.0575. The summed E-state index contributed by atoms with van der Waals surface area (Å²) in [5.74, 6) is -0.816. The molecular formula is C15H20ClNO3. The third-order valence-electron chi connectivity index (χ3n) is 2.89. The zero-order valence-corrected chi connectivity index (χ0v) is 12.8. The molecule has 0 aromatic heterocycles. The van der Waals surface area contributed by atoms with Gasteiger partial charge in [-0.1, -0.05) is 31.5 Å². The van der Waals surface area contributed by atoms with E-state index in [4.69, 9.17) is 16.7 Å². The van der Waals surface area contributed by atoms with Crippen molar-refractivity contribution in [2.75, 3.05) is 13.1 Å². The van der Waals surface area contributed by atoms with E-state index >= 15 is 0 Å². The zero-order chi connectivity index (χ0) is 15.3. The van der Waals surface area contributed by atoms with Crippen LogP contribution in [0.2, 0.25) is 5.02 Å². The number of benzene rings is 1. The summed E-state index contributed by atoms with van der Waals surface area (Å²) in [6, 6.07) is 5.14. The molecule has 0 saturated heterocycles. The lowest BCUT2D eigenvalue weighted by Gasteiger charge is -2.24. The fourth-order valence-electron chi connectivity index (χ4n) is 1.86. The average molecular weight is 298 g/mol. The summed E-state index contributed by atoms with van der Waals surface area (Å²) >= 11 is 6.03. The van der Waals surface area contributed by atoms with E-state index in [0.717, 1.165) is 5.56 Å². The quantitative estimate of drug-likeness (QED) is 0.877. The number of nitrogens with zero attached hydrogens (tertiary/aromatic N) is 1. The minimum Gasteiger partial charge on any atom is -0.481 e. The van der Waals surface area contributed by atoms with Gasteiger partial charge in [-0.15, -0.1) is 0 Å². The molecule has 1 rings (SSSR count). The summed E-state index contributed by atoms with van der Waals surface area (Å²) in [5.41, 5.74) is 1.40. The molecule has 0 saturated carbocycles. The smallest absolute Gasteiger partial charge is 0.305 e. The number of aryl methyl sites for hydroxylation is 1. The standard InChI is InChI=1S/C15H20ClNO3/c1-10(2)9-17(7-6-14(18)19)15(20)12-5-4-11(3)13(16)8-12/h4-5,8,10H,6-7,9H2,1-3H3,(H,18,19). The second kappa shape index (κ2) is 7.29. The van der Waals surface area contributed by atoms with Crippen LogP contribution in [0.15, 0.2) is 18.2 Å². The molecule has 0 heterocycles. The van der Waals surface area contributed by atoms with Gasteiger partial charge in [-0.25, -0.2) is 0 Å². The normalized spacial score (nSPS) is 10.7. The molecule has 1 aromatic carbocycles. The van der Waals surface area contributed by atoms with Crippen molar-refractivity contribution in [2.24, 2.45) is 5.92 Å². The largest absolute Gasteiger partial charge is 0.481 e. The predicted octanol–water partition coefficient (Wildman–Crippen LogP) is 3.22. The third kappa shape index (κ3) is 4.85. The Bertz CT molecular complexity index is 500. The SMILES string of the molecule is Cc1ccc(C(=O)N(CCC(=O)O)CC(C)C)cc1Cl. The van der Waals surface area contributed by atoms with Crippen LogP contribution in [0.4, 0.5) is 0 Å². The van der Waals surface area contributed by atoms with Crippen molar-refractivity contribution in [2.45, 2.75) is 27.2 Å². The van der Waals surface area contributed by atoms with Gasteiger partial charge in [0.15, 0.2) is 0 Å². The molecule has 0 fully saturated rings. The van der Waals surface area contributed by atoms with Crippen LogP contribution in [0.25, 0.3) is 0 Å². The maximum Gasteiger partial charge on any atom is 0.305 e. The molecule has 0 radical (unpaired) electrons. The van der Waals surface area contributed by atoms with Crippen LogP contribution in [-0.2, 0) is 4.79 Å². The molecule has 0 aliphatic rings. The van der Waals surface area contributed by atoms with Crippen LogP contribution >= 0.6 is 11.6 Å². The lowest BCUT2D eigenvalue weighted by atomic mass is 10.1. The Morgan fingerprint density at radius 3 is 2.50 bits per heavy atom. The number of hydrogen-bond donors (Lipinski definition) is 1. The van der Waals surface area contributed by atoms with Gasteiger partial charge in [0.25, 0.3) is 5.91 Å². The molecule has 1 aromatic rings. The molecule has 4 nitrogen and oxygen atoms in total. The topological polar surface area (TPSA) is 57.6 Å². The highest BCUT2D eigenvalue weighted by molar-refractivity contribution is 6.31. The van der Waals surface area contributed by atoms with Gasteiger partial charge in [0.2, 0.25) is 0 Å². The summed E-state index contributed by atoms with van der Waals surface area (Å²) in [6.45, 7) is 6.58. The lowest BCUT2D eigenvalue weighted by Crippen LogP contribution is -2.36. The third-order valence-corrected chi connectivity index (χ3v) is 3.29. The monoisotopic (exact) mass is 297 g/mol. The van der Waals surface area contributed by atoms with Crippen molar-refractivity contribution in [3.8, 4) is 0 Å². The number of carboxylic acid groups (broad SMARTS) is 1. The zero-order valence-electron chi connectivity index (χ0n) is 12.0. The molecule has 20 heavy (non-hydrogen) atoms. The van der Waals surface area contributed by atoms with Crippen LogP contribution in [0.1, 0.15) is 36.2 Å². The second-order valence-corrected chi connectivity index (χ2v) is 5.66. The Hall–Kier alpha value is -1.55. The first-order chi connectivity index (χ1) is 9.31. The molecule has 110 valence electrons. The van der Waals surface area contributed by atoms with Crippen molar-refractivity contribution < 1.29 is 14.7 Å². The van der Waals surface area contributed by atoms with Crippen molar-refractivity contribution in [3.05, 3.63) is 34.3 Å². The highest BCUT2D eigenvalue weighted by atomic mass is 35.5. The van der Waals surface area contributed by atoms with E-state index < -0.39 is 5.97 Å². The average Bonchev–Trinajstić information content (AvgIpc) is 2.36. The number of amides is 1. The molecule has 0 unspecified atom stereocenters. The molecule has 0 spiro atoms. The van der Waals surface area contributed by atoms with E-state index in [1.807, 2.05) is 20.8 Å². The van der Waals surface area contributed by atoms with Crippen LogP contribution in [0, 0.1) is 12.8 Å². The number of hydrogen-bond acceptors (Lipinski definition) is 2. The first-order valence-electron chi connectivity index (χ1n) is 6.58. The maximum atomic E-state index is 12.4. The maximum absolute atomic E-state index is 12.4. The number of rotatable bonds is 6. The van der Waals surface area contributed by atoms with Crippen LogP contribution in [-0.4, -0.2) is 35.0 Å². The van der Waals surface area contributed by atoms with Crippen LogP contribution in [0.3, 0.4) is 0 Å². The fraction of sp³-hybridized carbons (Fsp3) is 0.467. The second-order valence-electron chi connectivity index (χ2n) is 5.25. The van der Waals surface area contributed by atoms with Gasteiger partial charge in [-0.2, -0.15) is 0 Å². The van der Waals surface area contributed by atoms with Crippen LogP contribution in [0.5, 0.6) is 0 Å². The van der Waals surface area contributed by atoms with E-state index in [9.17, 15) is 9.59 Å². The molecular weight excluding hydrogens is 278 g/mol. The van der Waals surface area contributed by atoms with Gasteiger partial charge in [0.05, 0.1) is 6.42 Å². The van der Waals surface area contributed by atoms with Gasteiger partial charge < -0.3 is 10.0 Å². The van der Waals surface area contributed by atoms with Gasteiger partial charge >= 0.3 is 5.97 Å². The predicted molar refractivity (Wildman–Crippen MR) is 79.2 cm³/mol. The van der Waals surface area contributed by atoms with E-state index in [1.54, 1.807) is 23.1 Å². The van der Waals surface area contributed by atoms with E-state index in [2.05, 4.69) is 0 Å². The van der Waals surface area contributed by atoms with Gasteiger partial charge in [-0.05, 0) is 30.5 Å². The van der Waals surface area contributed by atoms with Crippen molar-refractivity contribution in [3.63, 3.8) is 0 Å². The van der Waals surface area contributed by atoms with Gasteiger partial charge in [0.1, 0.15) is 0 Å². The Labute approximate surface area is 124 Å². The van der Waals surface area contributed by atoms with Crippen LogP contribution < -0.4 is 0 Å². The molecule has 5 heteroatoms. The molecule has 1 N–H and O–H groups in total. The Balaban J connectivity index is 2.90. The molecule has 0 atom stereocenters. The van der Waals surface area contributed by atoms with E-state index in [0.29, 0.717) is 17.1 Å². The Morgan fingerprint density at radius 2 is 2.00 bits per heavy atom. The summed E-state index contributed by atoms with van der Waals surface area (Å²) < 4.78 is 0. The Morgan fingerprint density at radius 1 is 1.35 bits per heavy atom. The molecule has 0 bridgehead atoms. The first kappa shape index (κ1) is 16.5. The molecule has 1 amide bonds. The highest BCUT2D eigenvalue weighted by Crippen LogP contribution is 2.18. The van der Waals surface area contributed by atoms with Crippen molar-refractivity contribution >= 4 is 23.5 Å². The van der Waals surface area contributed by atoms with Crippen molar-refractivity contribution in [1.29, 1.82) is 0 Å². The minimum atomic E-state index is -0.909. The van der Waals surface area contributed by atoms with Crippen molar-refractivity contribution in [1.82, 2.24) is 4.90 Å². The number of carbonyl (C=O) groups excluding carboxylic acids is 1. The first-order valence-corrected chi connectivity index (χ1v) is 6.96. The molecule has 0 aliphatic carbocycles. The van der Waals surface area contributed by atoms with Gasteiger partial charge in [0, 0.05) is 23.7 Å². The number of carbonyl (C=O) groups is 2. The summed E-state index contributed by atoms with van der Waals surface area (Å²) in [5, 5.41) is 9.31. The lowest BCUT2D eigenvalue weighted by molar-refractivity contribution is -0.137. The number of carboxylic acids is 1. The Kier molecular flexibility index (Phi) is 6.02. The minimum absolute atomic E-state index is 0.0575. The molecule has 0 aliphatic heterocycles. The van der Waals surface area contributed by atoms with E-state index in [1.165, 1.54) is 0 Å². The highest BCUT2D eigenvalue weighted by Gasteiger charge is 2.18.